The molecule has 0 amide bonds. The van der Waals surface area contributed by atoms with Crippen molar-refractivity contribution in [2.75, 3.05) is 0 Å². The van der Waals surface area contributed by atoms with Gasteiger partial charge in [-0.05, 0) is 6.07 Å². The first-order valence-electron chi connectivity index (χ1n) is 4.34. The smallest absolute Gasteiger partial charge is 0.179 e. The van der Waals surface area contributed by atoms with Crippen molar-refractivity contribution in [1.29, 1.82) is 0 Å². The molecule has 0 unspecified atom stereocenters. The van der Waals surface area contributed by atoms with E-state index in [0.29, 0.717) is 16.7 Å². The highest BCUT2D eigenvalue weighted by molar-refractivity contribution is 5.85. The molecule has 3 heterocycles. The van der Waals surface area contributed by atoms with Crippen molar-refractivity contribution in [3.63, 3.8) is 0 Å². The summed E-state index contributed by atoms with van der Waals surface area (Å²) in [5.41, 5.74) is 0.612. The number of nitrogens with one attached hydrogen (secondary N) is 1. The number of rotatable bonds is 1. The predicted molar refractivity (Wildman–Crippen MR) is 51.0 cm³/mol. The van der Waals surface area contributed by atoms with Crippen LogP contribution in [0.4, 0.5) is 4.39 Å². The zero-order chi connectivity index (χ0) is 10.3. The zero-order valence-electron chi connectivity index (χ0n) is 7.55. The number of halogens is 1. The van der Waals surface area contributed by atoms with Crippen LogP contribution in [0.3, 0.4) is 0 Å². The minimum Gasteiger partial charge on any atom is -0.358 e. The van der Waals surface area contributed by atoms with E-state index < -0.39 is 0 Å². The summed E-state index contributed by atoms with van der Waals surface area (Å²) in [6.07, 6.45) is 6.03. The van der Waals surface area contributed by atoms with Gasteiger partial charge in [0.05, 0.1) is 24.1 Å². The summed E-state index contributed by atoms with van der Waals surface area (Å²) in [6.45, 7) is 0. The molecule has 3 aromatic rings. The van der Waals surface area contributed by atoms with Crippen LogP contribution < -0.4 is 0 Å². The molecule has 0 saturated carbocycles. The monoisotopic (exact) mass is 203 g/mol. The molecule has 0 bridgehead atoms. The molecule has 1 N–H and O–H groups in total. The Balaban J connectivity index is 2.37. The van der Waals surface area contributed by atoms with E-state index in [4.69, 9.17) is 0 Å². The van der Waals surface area contributed by atoms with Crippen LogP contribution in [0.1, 0.15) is 0 Å². The molecule has 6 heteroatoms. The lowest BCUT2D eigenvalue weighted by molar-refractivity contribution is 0.632. The van der Waals surface area contributed by atoms with Crippen molar-refractivity contribution in [2.45, 2.75) is 0 Å². The maximum atomic E-state index is 13.3. The summed E-state index contributed by atoms with van der Waals surface area (Å²) in [6, 6.07) is 1.66. The van der Waals surface area contributed by atoms with E-state index in [1.54, 1.807) is 24.7 Å². The van der Waals surface area contributed by atoms with E-state index in [-0.39, 0.29) is 5.82 Å². The summed E-state index contributed by atoms with van der Waals surface area (Å²) in [4.78, 5) is 6.90. The normalized spacial score (nSPS) is 11.0. The van der Waals surface area contributed by atoms with Crippen LogP contribution in [0.15, 0.2) is 30.9 Å². The molecule has 3 rings (SSSR count). The van der Waals surface area contributed by atoms with E-state index in [0.717, 1.165) is 0 Å². The van der Waals surface area contributed by atoms with Crippen LogP contribution in [0, 0.1) is 5.82 Å². The highest BCUT2D eigenvalue weighted by atomic mass is 19.1. The molecule has 0 radical (unpaired) electrons. The minimum atomic E-state index is -0.352. The lowest BCUT2D eigenvalue weighted by Crippen LogP contribution is -2.00. The van der Waals surface area contributed by atoms with Crippen LogP contribution in [-0.2, 0) is 0 Å². The first-order chi connectivity index (χ1) is 7.36. The second-order valence-corrected chi connectivity index (χ2v) is 3.04. The first kappa shape index (κ1) is 8.10. The topological polar surface area (TPSA) is 59.4 Å². The molecule has 0 saturated heterocycles. The molecule has 0 aliphatic heterocycles. The van der Waals surface area contributed by atoms with Crippen LogP contribution in [0.5, 0.6) is 0 Å². The lowest BCUT2D eigenvalue weighted by atomic mass is 10.3. The van der Waals surface area contributed by atoms with Crippen LogP contribution in [0.25, 0.3) is 16.7 Å². The molecule has 0 fully saturated rings. The number of fused-ring (bicyclic) bond motifs is 1. The number of hydrogen-bond acceptors (Lipinski definition) is 3. The third-order valence-corrected chi connectivity index (χ3v) is 2.17. The Morgan fingerprint density at radius 2 is 2.33 bits per heavy atom. The Bertz CT molecular complexity index is 598. The largest absolute Gasteiger partial charge is 0.358 e. The fourth-order valence-electron chi connectivity index (χ4n) is 1.50. The Morgan fingerprint density at radius 3 is 3.13 bits per heavy atom. The van der Waals surface area contributed by atoms with Gasteiger partial charge in [0.2, 0.25) is 0 Å². The Morgan fingerprint density at radius 1 is 1.40 bits per heavy atom. The van der Waals surface area contributed by atoms with E-state index in [1.807, 2.05) is 0 Å². The number of pyridine rings is 1. The second-order valence-electron chi connectivity index (χ2n) is 3.04. The lowest BCUT2D eigenvalue weighted by Gasteiger charge is -2.01. The summed E-state index contributed by atoms with van der Waals surface area (Å²) in [7, 11) is 0. The summed E-state index contributed by atoms with van der Waals surface area (Å²) in [5.74, 6) is 0.184. The second kappa shape index (κ2) is 2.88. The summed E-state index contributed by atoms with van der Waals surface area (Å²) < 4.78 is 14.8. The van der Waals surface area contributed by atoms with Crippen molar-refractivity contribution in [3.05, 3.63) is 36.7 Å². The van der Waals surface area contributed by atoms with E-state index in [9.17, 15) is 4.39 Å². The van der Waals surface area contributed by atoms with Crippen LogP contribution >= 0.6 is 0 Å². The van der Waals surface area contributed by atoms with Gasteiger partial charge >= 0.3 is 0 Å². The molecule has 0 spiro atoms. The van der Waals surface area contributed by atoms with E-state index >= 15 is 0 Å². The molecule has 74 valence electrons. The fraction of sp³-hybridized carbons (Fsp3) is 0. The summed E-state index contributed by atoms with van der Waals surface area (Å²) in [5, 5.41) is 7.98. The molecule has 0 atom stereocenters. The van der Waals surface area contributed by atoms with Gasteiger partial charge in [-0.1, -0.05) is 5.21 Å². The van der Waals surface area contributed by atoms with Crippen molar-refractivity contribution in [2.24, 2.45) is 0 Å². The van der Waals surface area contributed by atoms with Crippen LogP contribution in [-0.4, -0.2) is 25.0 Å². The number of H-pyrrole nitrogens is 1. The minimum absolute atomic E-state index is 0.352. The van der Waals surface area contributed by atoms with Gasteiger partial charge in [-0.2, -0.15) is 0 Å². The molecule has 3 aromatic heterocycles. The highest BCUT2D eigenvalue weighted by Gasteiger charge is 2.09. The standard InChI is InChI=1S/C9H6FN5/c10-7-5-12-9(15-4-3-13-14-15)8-6(7)1-2-11-8/h1-5,11H. The van der Waals surface area contributed by atoms with Gasteiger partial charge in [-0.25, -0.2) is 14.1 Å². The van der Waals surface area contributed by atoms with E-state index in [1.165, 1.54) is 10.9 Å². The molecule has 5 nitrogen and oxygen atoms in total. The van der Waals surface area contributed by atoms with Gasteiger partial charge < -0.3 is 4.98 Å². The average molecular weight is 203 g/mol. The third kappa shape index (κ3) is 1.11. The predicted octanol–water partition coefficient (Wildman–Crippen LogP) is 1.28. The van der Waals surface area contributed by atoms with E-state index in [2.05, 4.69) is 20.3 Å². The molecular weight excluding hydrogens is 197 g/mol. The first-order valence-corrected chi connectivity index (χ1v) is 4.34. The maximum absolute atomic E-state index is 13.3. The molecule has 0 aromatic carbocycles. The fourth-order valence-corrected chi connectivity index (χ4v) is 1.50. The Kier molecular flexibility index (Phi) is 1.55. The summed E-state index contributed by atoms with van der Waals surface area (Å²) >= 11 is 0. The number of nitrogens with zero attached hydrogens (tertiary/aromatic N) is 4. The van der Waals surface area contributed by atoms with Crippen molar-refractivity contribution in [3.8, 4) is 5.82 Å². The highest BCUT2D eigenvalue weighted by Crippen LogP contribution is 2.20. The van der Waals surface area contributed by atoms with Crippen molar-refractivity contribution >= 4 is 10.9 Å². The molecule has 15 heavy (non-hydrogen) atoms. The Labute approximate surface area is 83.6 Å². The van der Waals surface area contributed by atoms with Crippen molar-refractivity contribution in [1.82, 2.24) is 25.0 Å². The zero-order valence-corrected chi connectivity index (χ0v) is 7.55. The van der Waals surface area contributed by atoms with Crippen molar-refractivity contribution < 1.29 is 4.39 Å². The van der Waals surface area contributed by atoms with Gasteiger partial charge in [-0.3, -0.25) is 0 Å². The maximum Gasteiger partial charge on any atom is 0.179 e. The Hall–Kier alpha value is -2.24. The van der Waals surface area contributed by atoms with Gasteiger partial charge in [-0.15, -0.1) is 5.10 Å². The third-order valence-electron chi connectivity index (χ3n) is 2.17. The van der Waals surface area contributed by atoms with Crippen LogP contribution in [0.2, 0.25) is 0 Å². The quantitative estimate of drug-likeness (QED) is 0.648. The number of aromatic amines is 1. The average Bonchev–Trinajstić information content (AvgIpc) is 2.88. The SMILES string of the molecule is Fc1cnc(-n2ccnn2)c2[nH]ccc12. The van der Waals surface area contributed by atoms with Gasteiger partial charge in [0.1, 0.15) is 0 Å². The van der Waals surface area contributed by atoms with Gasteiger partial charge in [0, 0.05) is 11.6 Å². The molecule has 0 aliphatic carbocycles. The number of aromatic nitrogens is 5. The molecular formula is C9H6FN5. The van der Waals surface area contributed by atoms with Gasteiger partial charge in [0.25, 0.3) is 0 Å². The van der Waals surface area contributed by atoms with Gasteiger partial charge in [0.15, 0.2) is 11.6 Å². The number of hydrogen-bond donors (Lipinski definition) is 1. The molecule has 0 aliphatic rings.